The molecule has 1 heterocycles. The van der Waals surface area contributed by atoms with Crippen LogP contribution in [0.15, 0.2) is 0 Å². The van der Waals surface area contributed by atoms with E-state index in [1.807, 2.05) is 6.92 Å². The van der Waals surface area contributed by atoms with Gasteiger partial charge in [0.1, 0.15) is 6.04 Å². The third-order valence-corrected chi connectivity index (χ3v) is 3.47. The molecule has 1 aliphatic rings. The van der Waals surface area contributed by atoms with Gasteiger partial charge in [0, 0.05) is 5.41 Å². The van der Waals surface area contributed by atoms with Crippen molar-refractivity contribution in [3.63, 3.8) is 0 Å². The molecule has 0 aliphatic carbocycles. The van der Waals surface area contributed by atoms with Crippen LogP contribution in [0.4, 0.5) is 0 Å². The maximum Gasteiger partial charge on any atom is 0.382 e. The van der Waals surface area contributed by atoms with Crippen LogP contribution in [-0.4, -0.2) is 30.3 Å². The van der Waals surface area contributed by atoms with Crippen LogP contribution in [0.1, 0.15) is 46.5 Å². The Morgan fingerprint density at radius 3 is 2.44 bits per heavy atom. The molecule has 0 saturated carbocycles. The average Bonchev–Trinajstić information content (AvgIpc) is 2.38. The SMILES string of the molecule is CCC(C)(C)C(=O)C(=O)OC(=O)C1CCCCN1. The van der Waals surface area contributed by atoms with Gasteiger partial charge in [-0.25, -0.2) is 9.59 Å². The molecular formula is C13H21NO4. The van der Waals surface area contributed by atoms with Gasteiger partial charge in [0.2, 0.25) is 5.78 Å². The van der Waals surface area contributed by atoms with Crippen molar-refractivity contribution in [2.75, 3.05) is 6.54 Å². The molecule has 1 N–H and O–H groups in total. The van der Waals surface area contributed by atoms with Crippen LogP contribution >= 0.6 is 0 Å². The van der Waals surface area contributed by atoms with Gasteiger partial charge in [-0.05, 0) is 25.8 Å². The normalized spacial score (nSPS) is 20.3. The summed E-state index contributed by atoms with van der Waals surface area (Å²) in [5.74, 6) is -2.33. The zero-order valence-corrected chi connectivity index (χ0v) is 11.2. The highest BCUT2D eigenvalue weighted by Crippen LogP contribution is 2.21. The Morgan fingerprint density at radius 2 is 1.94 bits per heavy atom. The Kier molecular flexibility index (Phi) is 5.02. The van der Waals surface area contributed by atoms with Crippen molar-refractivity contribution in [1.29, 1.82) is 0 Å². The van der Waals surface area contributed by atoms with Gasteiger partial charge in [-0.15, -0.1) is 0 Å². The van der Waals surface area contributed by atoms with E-state index in [9.17, 15) is 14.4 Å². The lowest BCUT2D eigenvalue weighted by molar-refractivity contribution is -0.168. The molecule has 1 saturated heterocycles. The summed E-state index contributed by atoms with van der Waals surface area (Å²) in [5, 5.41) is 2.98. The molecule has 18 heavy (non-hydrogen) atoms. The molecule has 0 spiro atoms. The van der Waals surface area contributed by atoms with E-state index in [4.69, 9.17) is 0 Å². The Labute approximate surface area is 107 Å². The molecular weight excluding hydrogens is 234 g/mol. The maximum atomic E-state index is 11.8. The largest absolute Gasteiger partial charge is 0.386 e. The van der Waals surface area contributed by atoms with E-state index in [0.29, 0.717) is 12.8 Å². The highest BCUT2D eigenvalue weighted by molar-refractivity contribution is 6.37. The van der Waals surface area contributed by atoms with Gasteiger partial charge in [-0.2, -0.15) is 0 Å². The number of hydrogen-bond donors (Lipinski definition) is 1. The lowest BCUT2D eigenvalue weighted by Crippen LogP contribution is -2.44. The molecule has 5 heteroatoms. The highest BCUT2D eigenvalue weighted by Gasteiger charge is 2.35. The zero-order chi connectivity index (χ0) is 13.8. The second-order valence-corrected chi connectivity index (χ2v) is 5.28. The first-order chi connectivity index (χ1) is 8.38. The van der Waals surface area contributed by atoms with Gasteiger partial charge in [-0.3, -0.25) is 4.79 Å². The van der Waals surface area contributed by atoms with Crippen LogP contribution in [0.3, 0.4) is 0 Å². The van der Waals surface area contributed by atoms with Crippen LogP contribution < -0.4 is 5.32 Å². The molecule has 0 bridgehead atoms. The van der Waals surface area contributed by atoms with Crippen molar-refractivity contribution in [1.82, 2.24) is 5.32 Å². The number of Topliss-reactive ketones (excluding diaryl/α,β-unsaturated/α-hetero) is 1. The van der Waals surface area contributed by atoms with Gasteiger partial charge in [-0.1, -0.05) is 27.2 Å². The second-order valence-electron chi connectivity index (χ2n) is 5.28. The van der Waals surface area contributed by atoms with Gasteiger partial charge >= 0.3 is 11.9 Å². The topological polar surface area (TPSA) is 72.5 Å². The van der Waals surface area contributed by atoms with E-state index in [2.05, 4.69) is 10.1 Å². The molecule has 1 aliphatic heterocycles. The number of carbonyl (C=O) groups is 3. The predicted molar refractivity (Wildman–Crippen MR) is 65.8 cm³/mol. The zero-order valence-electron chi connectivity index (χ0n) is 11.2. The Morgan fingerprint density at radius 1 is 1.28 bits per heavy atom. The quantitative estimate of drug-likeness (QED) is 0.464. The van der Waals surface area contributed by atoms with Gasteiger partial charge in [0.25, 0.3) is 0 Å². The molecule has 5 nitrogen and oxygen atoms in total. The Hall–Kier alpha value is -1.23. The highest BCUT2D eigenvalue weighted by atomic mass is 16.6. The van der Waals surface area contributed by atoms with E-state index in [1.54, 1.807) is 13.8 Å². The summed E-state index contributed by atoms with van der Waals surface area (Å²) < 4.78 is 4.65. The molecule has 1 unspecified atom stereocenters. The van der Waals surface area contributed by atoms with Crippen LogP contribution in [0, 0.1) is 5.41 Å². The third kappa shape index (κ3) is 3.63. The number of carbonyl (C=O) groups excluding carboxylic acids is 3. The predicted octanol–water partition coefficient (Wildman–Crippen LogP) is 1.20. The Balaban J connectivity index is 2.53. The lowest BCUT2D eigenvalue weighted by Gasteiger charge is -2.22. The smallest absolute Gasteiger partial charge is 0.382 e. The molecule has 102 valence electrons. The molecule has 0 aromatic rings. The minimum absolute atomic E-state index is 0.458. The standard InChI is InChI=1S/C13H21NO4/c1-4-13(2,3)10(15)12(17)18-11(16)9-7-5-6-8-14-9/h9,14H,4-8H2,1-3H3. The Bertz CT molecular complexity index is 343. The van der Waals surface area contributed by atoms with E-state index in [0.717, 1.165) is 19.4 Å². The van der Waals surface area contributed by atoms with Crippen molar-refractivity contribution < 1.29 is 19.1 Å². The van der Waals surface area contributed by atoms with Gasteiger partial charge < -0.3 is 10.1 Å². The van der Waals surface area contributed by atoms with Crippen molar-refractivity contribution in [2.45, 2.75) is 52.5 Å². The molecule has 0 radical (unpaired) electrons. The first kappa shape index (κ1) is 14.8. The first-order valence-corrected chi connectivity index (χ1v) is 6.42. The van der Waals surface area contributed by atoms with E-state index >= 15 is 0 Å². The number of esters is 2. The minimum Gasteiger partial charge on any atom is -0.386 e. The molecule has 1 fully saturated rings. The molecule has 0 amide bonds. The van der Waals surface area contributed by atoms with Crippen molar-refractivity contribution in [3.05, 3.63) is 0 Å². The fraction of sp³-hybridized carbons (Fsp3) is 0.769. The van der Waals surface area contributed by atoms with E-state index in [1.165, 1.54) is 0 Å². The number of ether oxygens (including phenoxy) is 1. The van der Waals surface area contributed by atoms with Gasteiger partial charge in [0.05, 0.1) is 0 Å². The summed E-state index contributed by atoms with van der Waals surface area (Å²) >= 11 is 0. The number of rotatable bonds is 4. The second kappa shape index (κ2) is 6.09. The summed E-state index contributed by atoms with van der Waals surface area (Å²) in [5.41, 5.74) is -0.780. The van der Waals surface area contributed by atoms with Crippen LogP contribution in [0.25, 0.3) is 0 Å². The van der Waals surface area contributed by atoms with Crippen LogP contribution in [0.5, 0.6) is 0 Å². The summed E-state index contributed by atoms with van der Waals surface area (Å²) in [6, 6.07) is -0.458. The molecule has 1 atom stereocenters. The average molecular weight is 255 g/mol. The van der Waals surface area contributed by atoms with E-state index < -0.39 is 29.2 Å². The first-order valence-electron chi connectivity index (χ1n) is 6.42. The summed E-state index contributed by atoms with van der Waals surface area (Å²) in [6.07, 6.45) is 3.11. The number of piperidine rings is 1. The molecule has 0 aromatic carbocycles. The van der Waals surface area contributed by atoms with Crippen LogP contribution in [0.2, 0.25) is 0 Å². The number of ketones is 1. The van der Waals surface area contributed by atoms with E-state index in [-0.39, 0.29) is 0 Å². The maximum absolute atomic E-state index is 11.8. The number of nitrogens with one attached hydrogen (secondary N) is 1. The summed E-state index contributed by atoms with van der Waals surface area (Å²) in [7, 11) is 0. The minimum atomic E-state index is -1.04. The third-order valence-electron chi connectivity index (χ3n) is 3.47. The summed E-state index contributed by atoms with van der Waals surface area (Å²) in [6.45, 7) is 5.89. The number of hydrogen-bond acceptors (Lipinski definition) is 5. The fourth-order valence-corrected chi connectivity index (χ4v) is 1.70. The van der Waals surface area contributed by atoms with Crippen molar-refractivity contribution >= 4 is 17.7 Å². The molecule has 1 rings (SSSR count). The molecule has 0 aromatic heterocycles. The monoisotopic (exact) mass is 255 g/mol. The van der Waals surface area contributed by atoms with Gasteiger partial charge in [0.15, 0.2) is 0 Å². The van der Waals surface area contributed by atoms with Crippen molar-refractivity contribution in [2.24, 2.45) is 5.41 Å². The van der Waals surface area contributed by atoms with Crippen molar-refractivity contribution in [3.8, 4) is 0 Å². The fourth-order valence-electron chi connectivity index (χ4n) is 1.70. The summed E-state index contributed by atoms with van der Waals surface area (Å²) in [4.78, 5) is 35.0. The van der Waals surface area contributed by atoms with Crippen LogP contribution in [-0.2, 0) is 19.1 Å². The lowest BCUT2D eigenvalue weighted by atomic mass is 9.85.